The number of hydrogen-bond donors (Lipinski definition) is 3. The van der Waals surface area contributed by atoms with Crippen LogP contribution in [0.2, 0.25) is 0 Å². The van der Waals surface area contributed by atoms with E-state index in [0.29, 0.717) is 6.42 Å². The van der Waals surface area contributed by atoms with E-state index in [1.807, 2.05) is 25.2 Å². The molecule has 12 heteroatoms. The van der Waals surface area contributed by atoms with Crippen LogP contribution < -0.4 is 16.0 Å². The molecule has 210 valence electrons. The van der Waals surface area contributed by atoms with Crippen molar-refractivity contribution in [3.63, 3.8) is 0 Å². The topological polar surface area (TPSA) is 131 Å². The van der Waals surface area contributed by atoms with Crippen LogP contribution in [0.15, 0.2) is 0 Å². The average molecular weight is 540 g/mol. The molecule has 4 aliphatic rings. The summed E-state index contributed by atoms with van der Waals surface area (Å²) in [6.45, 7) is 8.68. The minimum Gasteiger partial charge on any atom is -0.350 e. The number of carbonyl (C=O) groups is 4. The van der Waals surface area contributed by atoms with Gasteiger partial charge in [-0.3, -0.25) is 19.2 Å². The number of piperidine rings is 2. The van der Waals surface area contributed by atoms with Crippen molar-refractivity contribution in [2.45, 2.75) is 96.6 Å². The van der Waals surface area contributed by atoms with Crippen LogP contribution in [-0.2, 0) is 19.2 Å². The smallest absolute Gasteiger partial charge is 0.350 e. The zero-order valence-corrected chi connectivity index (χ0v) is 22.4. The van der Waals surface area contributed by atoms with Crippen LogP contribution in [0.1, 0.15) is 66.7 Å². The fraction of sp³-hybridized carbons (Fsp3) is 0.808. The fourth-order valence-corrected chi connectivity index (χ4v) is 6.28. The highest BCUT2D eigenvalue weighted by Gasteiger charge is 2.70. The first-order chi connectivity index (χ1) is 17.4. The quantitative estimate of drug-likeness (QED) is 0.475. The molecule has 3 N–H and O–H groups in total. The molecule has 0 radical (unpaired) electrons. The van der Waals surface area contributed by atoms with Gasteiger partial charge in [-0.15, -0.1) is 0 Å². The number of rotatable bonds is 6. The number of hydrogen-bond acceptors (Lipinski definition) is 5. The first kappa shape index (κ1) is 28.2. The summed E-state index contributed by atoms with van der Waals surface area (Å²) in [6.07, 6.45) is -1.68. The van der Waals surface area contributed by atoms with E-state index in [-0.39, 0.29) is 41.7 Å². The van der Waals surface area contributed by atoms with Crippen LogP contribution in [0.25, 0.3) is 0 Å². The largest absolute Gasteiger partial charge is 0.471 e. The fourth-order valence-electron chi connectivity index (χ4n) is 6.28. The second kappa shape index (κ2) is 9.12. The lowest BCUT2D eigenvalue weighted by atomic mass is 9.85. The highest BCUT2D eigenvalue weighted by atomic mass is 19.4. The van der Waals surface area contributed by atoms with Crippen molar-refractivity contribution in [1.29, 1.82) is 5.26 Å². The van der Waals surface area contributed by atoms with Gasteiger partial charge in [0.15, 0.2) is 0 Å². The lowest BCUT2D eigenvalue weighted by Crippen LogP contribution is -2.61. The Balaban J connectivity index is 1.49. The van der Waals surface area contributed by atoms with Crippen LogP contribution in [-0.4, -0.2) is 64.9 Å². The Morgan fingerprint density at radius 2 is 1.79 bits per heavy atom. The number of nitrogens with one attached hydrogen (secondary N) is 3. The summed E-state index contributed by atoms with van der Waals surface area (Å²) >= 11 is 0. The predicted molar refractivity (Wildman–Crippen MR) is 129 cm³/mol. The van der Waals surface area contributed by atoms with Gasteiger partial charge in [-0.1, -0.05) is 34.6 Å². The lowest BCUT2D eigenvalue weighted by Gasteiger charge is -2.38. The van der Waals surface area contributed by atoms with Gasteiger partial charge in [0.25, 0.3) is 0 Å². The average Bonchev–Trinajstić information content (AvgIpc) is 3.58. The van der Waals surface area contributed by atoms with Gasteiger partial charge in [-0.25, -0.2) is 0 Å². The molecular weight excluding hydrogens is 503 g/mol. The second-order valence-electron chi connectivity index (χ2n) is 13.1. The zero-order valence-electron chi connectivity index (χ0n) is 22.4. The van der Waals surface area contributed by atoms with Crippen molar-refractivity contribution in [3.05, 3.63) is 0 Å². The first-order valence-corrected chi connectivity index (χ1v) is 13.1. The lowest BCUT2D eigenvalue weighted by molar-refractivity contribution is -0.176. The molecule has 0 aromatic rings. The Hall–Kier alpha value is -2.84. The standard InChI is InChI=1S/C26H36F3N5O4/c1-23(2,3)18(32-22(38)26(27,28)29)21(37)34-12-15-16(24(15,4)5)17(34)20(36)31-14(11-30)10-13-6-7-25(8-9-25)33-19(13)35/h13-18H,6-10,12H2,1-5H3,(H,31,36)(H,32,38)(H,33,35). The van der Waals surface area contributed by atoms with E-state index in [1.165, 1.54) is 25.7 Å². The molecule has 4 amide bonds. The molecule has 4 rings (SSSR count). The van der Waals surface area contributed by atoms with Gasteiger partial charge in [-0.05, 0) is 54.8 Å². The Labute approximate surface area is 220 Å². The van der Waals surface area contributed by atoms with E-state index in [4.69, 9.17) is 0 Å². The zero-order chi connectivity index (χ0) is 28.4. The van der Waals surface area contributed by atoms with Crippen molar-refractivity contribution in [2.24, 2.45) is 28.6 Å². The van der Waals surface area contributed by atoms with Crippen molar-refractivity contribution in [3.8, 4) is 6.07 Å². The Bertz CT molecular complexity index is 1070. The Kier molecular flexibility index (Phi) is 6.77. The Morgan fingerprint density at radius 3 is 2.29 bits per heavy atom. The normalized spacial score (nSPS) is 30.4. The van der Waals surface area contributed by atoms with Gasteiger partial charge in [0.1, 0.15) is 18.1 Å². The van der Waals surface area contributed by atoms with Gasteiger partial charge in [0, 0.05) is 18.0 Å². The third-order valence-electron chi connectivity index (χ3n) is 8.98. The third-order valence-corrected chi connectivity index (χ3v) is 8.98. The van der Waals surface area contributed by atoms with E-state index in [0.717, 1.165) is 19.3 Å². The summed E-state index contributed by atoms with van der Waals surface area (Å²) in [7, 11) is 0. The minimum atomic E-state index is -5.17. The molecule has 0 bridgehead atoms. The number of fused-ring (bicyclic) bond motifs is 1. The maximum Gasteiger partial charge on any atom is 0.471 e. The number of halogens is 3. The summed E-state index contributed by atoms with van der Waals surface area (Å²) in [5.41, 5.74) is -1.43. The molecule has 2 aliphatic heterocycles. The van der Waals surface area contributed by atoms with Crippen molar-refractivity contribution >= 4 is 23.6 Å². The van der Waals surface area contributed by atoms with E-state index in [2.05, 4.69) is 10.6 Å². The monoisotopic (exact) mass is 539 g/mol. The molecule has 2 aliphatic carbocycles. The van der Waals surface area contributed by atoms with E-state index in [1.54, 1.807) is 0 Å². The Morgan fingerprint density at radius 1 is 1.16 bits per heavy atom. The number of carbonyl (C=O) groups excluding carboxylic acids is 4. The van der Waals surface area contributed by atoms with Gasteiger partial charge in [-0.2, -0.15) is 18.4 Å². The molecular formula is C26H36F3N5O4. The number of nitrogens with zero attached hydrogens (tertiary/aromatic N) is 2. The highest BCUT2D eigenvalue weighted by molar-refractivity contribution is 5.95. The molecule has 9 nitrogen and oxygen atoms in total. The number of nitriles is 1. The third kappa shape index (κ3) is 5.21. The van der Waals surface area contributed by atoms with E-state index >= 15 is 0 Å². The number of likely N-dealkylation sites (tertiary alicyclic amines) is 1. The summed E-state index contributed by atoms with van der Waals surface area (Å²) in [5.74, 6) is -4.39. The molecule has 0 aromatic heterocycles. The molecule has 2 heterocycles. The summed E-state index contributed by atoms with van der Waals surface area (Å²) in [5, 5.41) is 17.3. The number of alkyl halides is 3. The summed E-state index contributed by atoms with van der Waals surface area (Å²) < 4.78 is 39.0. The van der Waals surface area contributed by atoms with Crippen LogP contribution >= 0.6 is 0 Å². The minimum absolute atomic E-state index is 0.0412. The summed E-state index contributed by atoms with van der Waals surface area (Å²) in [4.78, 5) is 52.6. The SMILES string of the molecule is CC(C)(C)C(NC(=O)C(F)(F)F)C(=O)N1CC2C(C1C(=O)NC(C#N)CC1CCC3(CC3)NC1=O)C2(C)C. The molecule has 6 atom stereocenters. The molecule has 1 spiro atoms. The molecule has 38 heavy (non-hydrogen) atoms. The summed E-state index contributed by atoms with van der Waals surface area (Å²) in [6, 6.07) is -1.43. The van der Waals surface area contributed by atoms with Crippen molar-refractivity contribution < 1.29 is 32.3 Å². The van der Waals surface area contributed by atoms with Gasteiger partial charge in [0.05, 0.1) is 6.07 Å². The highest BCUT2D eigenvalue weighted by Crippen LogP contribution is 2.65. The molecule has 2 saturated carbocycles. The second-order valence-corrected chi connectivity index (χ2v) is 13.1. The van der Waals surface area contributed by atoms with Gasteiger partial charge >= 0.3 is 12.1 Å². The van der Waals surface area contributed by atoms with Crippen LogP contribution in [0, 0.1) is 39.9 Å². The number of amides is 4. The maximum atomic E-state index is 13.6. The molecule has 4 fully saturated rings. The van der Waals surface area contributed by atoms with Crippen LogP contribution in [0.4, 0.5) is 13.2 Å². The molecule has 2 saturated heterocycles. The van der Waals surface area contributed by atoms with Crippen LogP contribution in [0.3, 0.4) is 0 Å². The van der Waals surface area contributed by atoms with E-state index < -0.39 is 53.4 Å². The van der Waals surface area contributed by atoms with Gasteiger partial charge < -0.3 is 20.9 Å². The van der Waals surface area contributed by atoms with E-state index in [9.17, 15) is 37.6 Å². The predicted octanol–water partition coefficient (Wildman–Crippen LogP) is 2.02. The molecule has 0 aromatic carbocycles. The van der Waals surface area contributed by atoms with Gasteiger partial charge in [0.2, 0.25) is 17.7 Å². The van der Waals surface area contributed by atoms with Crippen LogP contribution in [0.5, 0.6) is 0 Å². The first-order valence-electron chi connectivity index (χ1n) is 13.1. The maximum absolute atomic E-state index is 13.6. The van der Waals surface area contributed by atoms with Crippen molar-refractivity contribution in [1.82, 2.24) is 20.9 Å². The van der Waals surface area contributed by atoms with Crippen molar-refractivity contribution in [2.75, 3.05) is 6.54 Å². The molecule has 6 unspecified atom stereocenters.